The molecule has 0 amide bonds. The van der Waals surface area contributed by atoms with Crippen molar-refractivity contribution in [2.75, 3.05) is 5.73 Å². The number of nitrogens with two attached hydrogens (primary N) is 1. The number of hydrogen-bond acceptors (Lipinski definition) is 1. The van der Waals surface area contributed by atoms with Crippen LogP contribution in [-0.4, -0.2) is 4.57 Å². The van der Waals surface area contributed by atoms with Gasteiger partial charge in [-0.25, -0.2) is 0 Å². The number of anilines is 1. The zero-order chi connectivity index (χ0) is 11.5. The first-order valence-corrected chi connectivity index (χ1v) is 6.09. The first-order valence-electron chi connectivity index (χ1n) is 6.09. The lowest BCUT2D eigenvalue weighted by Gasteiger charge is -2.14. The molecule has 0 aliphatic heterocycles. The van der Waals surface area contributed by atoms with Crippen LogP contribution in [0.25, 0.3) is 10.9 Å². The first-order chi connectivity index (χ1) is 7.76. The minimum Gasteiger partial charge on any atom is -0.398 e. The van der Waals surface area contributed by atoms with Crippen LogP contribution < -0.4 is 5.73 Å². The molecule has 0 bridgehead atoms. The van der Waals surface area contributed by atoms with E-state index in [1.807, 2.05) is 12.1 Å². The molecule has 0 atom stereocenters. The summed E-state index contributed by atoms with van der Waals surface area (Å²) in [4.78, 5) is 0. The molecule has 16 heavy (non-hydrogen) atoms. The monoisotopic (exact) mass is 216 g/mol. The molecule has 0 unspecified atom stereocenters. The molecule has 2 heteroatoms. The molecular weight excluding hydrogens is 196 g/mol. The SMILES string of the molecule is CCC(CC)Cn1ccc2c(N)cccc21. The number of nitrogens with zero attached hydrogens (tertiary/aromatic N) is 1. The number of rotatable bonds is 4. The van der Waals surface area contributed by atoms with Gasteiger partial charge >= 0.3 is 0 Å². The Hall–Kier alpha value is -1.44. The van der Waals surface area contributed by atoms with E-state index in [4.69, 9.17) is 5.73 Å². The van der Waals surface area contributed by atoms with E-state index in [-0.39, 0.29) is 0 Å². The van der Waals surface area contributed by atoms with Crippen LogP contribution in [0.5, 0.6) is 0 Å². The number of fused-ring (bicyclic) bond motifs is 1. The van der Waals surface area contributed by atoms with Crippen LogP contribution in [0.4, 0.5) is 5.69 Å². The molecule has 0 spiro atoms. The first kappa shape index (κ1) is 11.1. The van der Waals surface area contributed by atoms with E-state index in [2.05, 4.69) is 36.7 Å². The minimum atomic E-state index is 0.761. The van der Waals surface area contributed by atoms with Crippen molar-refractivity contribution < 1.29 is 0 Å². The van der Waals surface area contributed by atoms with Crippen LogP contribution in [0, 0.1) is 5.92 Å². The number of aromatic nitrogens is 1. The summed E-state index contributed by atoms with van der Waals surface area (Å²) in [5.74, 6) is 0.761. The second-order valence-electron chi connectivity index (χ2n) is 4.43. The third-order valence-corrected chi connectivity index (χ3v) is 3.46. The largest absolute Gasteiger partial charge is 0.398 e. The van der Waals surface area contributed by atoms with Crippen molar-refractivity contribution in [3.8, 4) is 0 Å². The highest BCUT2D eigenvalue weighted by molar-refractivity contribution is 5.91. The van der Waals surface area contributed by atoms with E-state index >= 15 is 0 Å². The molecule has 1 aromatic heterocycles. The average Bonchev–Trinajstić information content (AvgIpc) is 2.71. The topological polar surface area (TPSA) is 30.9 Å². The summed E-state index contributed by atoms with van der Waals surface area (Å²) in [5, 5.41) is 1.17. The maximum Gasteiger partial charge on any atom is 0.0501 e. The predicted octanol–water partition coefficient (Wildman–Crippen LogP) is 3.66. The highest BCUT2D eigenvalue weighted by Crippen LogP contribution is 2.23. The third kappa shape index (κ3) is 1.92. The van der Waals surface area contributed by atoms with Crippen LogP contribution in [0.15, 0.2) is 30.5 Å². The zero-order valence-electron chi connectivity index (χ0n) is 10.1. The van der Waals surface area contributed by atoms with Gasteiger partial charge in [-0.05, 0) is 24.1 Å². The Morgan fingerprint density at radius 3 is 2.62 bits per heavy atom. The van der Waals surface area contributed by atoms with Gasteiger partial charge in [0, 0.05) is 23.8 Å². The van der Waals surface area contributed by atoms with Gasteiger partial charge in [0.15, 0.2) is 0 Å². The Labute approximate surface area is 97.1 Å². The molecule has 1 aromatic carbocycles. The third-order valence-electron chi connectivity index (χ3n) is 3.46. The molecular formula is C14H20N2. The van der Waals surface area contributed by atoms with Gasteiger partial charge in [-0.1, -0.05) is 32.8 Å². The average molecular weight is 216 g/mol. The molecule has 0 saturated heterocycles. The van der Waals surface area contributed by atoms with Gasteiger partial charge in [-0.3, -0.25) is 0 Å². The van der Waals surface area contributed by atoms with Gasteiger partial charge in [0.2, 0.25) is 0 Å². The summed E-state index contributed by atoms with van der Waals surface area (Å²) < 4.78 is 2.32. The van der Waals surface area contributed by atoms with Gasteiger partial charge in [0.1, 0.15) is 0 Å². The molecule has 0 aliphatic rings. The Balaban J connectivity index is 2.35. The molecule has 0 saturated carbocycles. The van der Waals surface area contributed by atoms with E-state index in [0.717, 1.165) is 18.2 Å². The van der Waals surface area contributed by atoms with Crippen LogP contribution in [0.3, 0.4) is 0 Å². The van der Waals surface area contributed by atoms with Gasteiger partial charge in [0.25, 0.3) is 0 Å². The normalized spacial score (nSPS) is 11.4. The molecule has 2 aromatic rings. The fourth-order valence-electron chi connectivity index (χ4n) is 2.23. The molecule has 0 radical (unpaired) electrons. The van der Waals surface area contributed by atoms with E-state index in [9.17, 15) is 0 Å². The number of nitrogen functional groups attached to an aromatic ring is 1. The van der Waals surface area contributed by atoms with Crippen LogP contribution in [0.1, 0.15) is 26.7 Å². The molecule has 0 aliphatic carbocycles. The van der Waals surface area contributed by atoms with Gasteiger partial charge in [0.05, 0.1) is 5.52 Å². The molecule has 2 rings (SSSR count). The maximum absolute atomic E-state index is 5.95. The molecule has 1 heterocycles. The Bertz CT molecular complexity index is 467. The van der Waals surface area contributed by atoms with Crippen molar-refractivity contribution >= 4 is 16.6 Å². The Morgan fingerprint density at radius 1 is 1.19 bits per heavy atom. The number of benzene rings is 1. The minimum absolute atomic E-state index is 0.761. The lowest BCUT2D eigenvalue weighted by Crippen LogP contribution is -2.07. The fraction of sp³-hybridized carbons (Fsp3) is 0.429. The Kier molecular flexibility index (Phi) is 3.18. The summed E-state index contributed by atoms with van der Waals surface area (Å²) in [7, 11) is 0. The summed E-state index contributed by atoms with van der Waals surface area (Å²) in [6.45, 7) is 5.61. The molecule has 86 valence electrons. The second kappa shape index (κ2) is 4.60. The highest BCUT2D eigenvalue weighted by atomic mass is 15.0. The lowest BCUT2D eigenvalue weighted by molar-refractivity contribution is 0.425. The summed E-state index contributed by atoms with van der Waals surface area (Å²) in [6, 6.07) is 8.26. The summed E-state index contributed by atoms with van der Waals surface area (Å²) >= 11 is 0. The quantitative estimate of drug-likeness (QED) is 0.777. The van der Waals surface area contributed by atoms with Crippen molar-refractivity contribution in [3.05, 3.63) is 30.5 Å². The standard InChI is InChI=1S/C14H20N2/c1-3-11(4-2)10-16-9-8-12-13(15)6-5-7-14(12)16/h5-9,11H,3-4,10,15H2,1-2H3. The molecule has 0 fully saturated rings. The highest BCUT2D eigenvalue weighted by Gasteiger charge is 2.08. The molecule has 2 N–H and O–H groups in total. The van der Waals surface area contributed by atoms with Crippen molar-refractivity contribution in [2.24, 2.45) is 5.92 Å². The Morgan fingerprint density at radius 2 is 1.94 bits per heavy atom. The van der Waals surface area contributed by atoms with Crippen molar-refractivity contribution in [2.45, 2.75) is 33.2 Å². The summed E-state index contributed by atoms with van der Waals surface area (Å²) in [6.07, 6.45) is 4.62. The van der Waals surface area contributed by atoms with Crippen molar-refractivity contribution in [1.29, 1.82) is 0 Å². The lowest BCUT2D eigenvalue weighted by atomic mass is 10.0. The van der Waals surface area contributed by atoms with E-state index in [1.165, 1.54) is 23.7 Å². The molecule has 2 nitrogen and oxygen atoms in total. The van der Waals surface area contributed by atoms with Gasteiger partial charge in [-0.2, -0.15) is 0 Å². The number of hydrogen-bond donors (Lipinski definition) is 1. The van der Waals surface area contributed by atoms with Crippen LogP contribution in [-0.2, 0) is 6.54 Å². The zero-order valence-corrected chi connectivity index (χ0v) is 10.1. The maximum atomic E-state index is 5.95. The fourth-order valence-corrected chi connectivity index (χ4v) is 2.23. The van der Waals surface area contributed by atoms with Gasteiger partial charge < -0.3 is 10.3 Å². The van der Waals surface area contributed by atoms with Gasteiger partial charge in [-0.15, -0.1) is 0 Å². The van der Waals surface area contributed by atoms with Crippen LogP contribution in [0.2, 0.25) is 0 Å². The van der Waals surface area contributed by atoms with E-state index < -0.39 is 0 Å². The van der Waals surface area contributed by atoms with Crippen molar-refractivity contribution in [3.63, 3.8) is 0 Å². The van der Waals surface area contributed by atoms with E-state index in [1.54, 1.807) is 0 Å². The van der Waals surface area contributed by atoms with Crippen molar-refractivity contribution in [1.82, 2.24) is 4.57 Å². The smallest absolute Gasteiger partial charge is 0.0501 e. The van der Waals surface area contributed by atoms with Crippen LogP contribution >= 0.6 is 0 Å². The van der Waals surface area contributed by atoms with E-state index in [0.29, 0.717) is 0 Å². The summed E-state index contributed by atoms with van der Waals surface area (Å²) in [5.41, 5.74) is 8.08. The second-order valence-corrected chi connectivity index (χ2v) is 4.43. The predicted molar refractivity (Wildman–Crippen MR) is 70.4 cm³/mol.